The predicted octanol–water partition coefficient (Wildman–Crippen LogP) is 6.15. The maximum atomic E-state index is 13.2. The second-order valence-electron chi connectivity index (χ2n) is 12.6. The monoisotopic (exact) mass is 518 g/mol. The Hall–Kier alpha value is -3.42. The van der Waals surface area contributed by atoms with Crippen molar-refractivity contribution in [3.8, 4) is 0 Å². The zero-order chi connectivity index (χ0) is 26.9. The van der Waals surface area contributed by atoms with E-state index in [2.05, 4.69) is 20.9 Å². The molecule has 6 rings (SSSR count). The van der Waals surface area contributed by atoms with Crippen molar-refractivity contribution in [1.29, 1.82) is 0 Å². The van der Waals surface area contributed by atoms with Crippen LogP contribution < -0.4 is 16.0 Å². The van der Waals surface area contributed by atoms with Crippen LogP contribution in [0.1, 0.15) is 71.3 Å². The van der Waals surface area contributed by atoms with E-state index in [0.29, 0.717) is 23.6 Å². The number of nitrogens with one attached hydrogen (secondary N) is 3. The highest BCUT2D eigenvalue weighted by Gasteiger charge is 2.51. The van der Waals surface area contributed by atoms with Gasteiger partial charge in [0, 0.05) is 12.5 Å². The third kappa shape index (κ3) is 6.52. The molecule has 4 bridgehead atoms. The smallest absolute Gasteiger partial charge is 0.412 e. The minimum atomic E-state index is -0.692. The number of pyridine rings is 1. The van der Waals surface area contributed by atoms with Gasteiger partial charge in [-0.2, -0.15) is 0 Å². The number of carbonyl (C=O) groups excluding carboxylic acids is 3. The lowest BCUT2D eigenvalue weighted by Gasteiger charge is -2.56. The number of benzene rings is 1. The van der Waals surface area contributed by atoms with Gasteiger partial charge in [-0.1, -0.05) is 30.3 Å². The maximum Gasteiger partial charge on any atom is 0.412 e. The summed E-state index contributed by atoms with van der Waals surface area (Å²) in [7, 11) is 0. The van der Waals surface area contributed by atoms with Crippen LogP contribution in [0.5, 0.6) is 0 Å². The predicted molar refractivity (Wildman–Crippen MR) is 147 cm³/mol. The van der Waals surface area contributed by atoms with Gasteiger partial charge in [-0.05, 0) is 88.0 Å². The van der Waals surface area contributed by atoms with E-state index in [1.807, 2.05) is 30.3 Å². The molecule has 4 saturated carbocycles. The Morgan fingerprint density at radius 1 is 0.895 bits per heavy atom. The van der Waals surface area contributed by atoms with Crippen molar-refractivity contribution < 1.29 is 19.1 Å². The quantitative estimate of drug-likeness (QED) is 0.407. The van der Waals surface area contributed by atoms with E-state index in [1.165, 1.54) is 25.5 Å². The molecule has 3 N–H and O–H groups in total. The molecule has 0 unspecified atom stereocenters. The summed E-state index contributed by atoms with van der Waals surface area (Å²) >= 11 is 0. The van der Waals surface area contributed by atoms with Gasteiger partial charge in [0.05, 0.1) is 24.0 Å². The van der Waals surface area contributed by atoms with Crippen LogP contribution in [-0.2, 0) is 20.7 Å². The van der Waals surface area contributed by atoms with Crippen LogP contribution >= 0.6 is 0 Å². The van der Waals surface area contributed by atoms with Crippen molar-refractivity contribution in [3.63, 3.8) is 0 Å². The van der Waals surface area contributed by atoms with Crippen LogP contribution in [0.3, 0.4) is 0 Å². The molecule has 0 spiro atoms. The van der Waals surface area contributed by atoms with Gasteiger partial charge >= 0.3 is 6.09 Å². The molecule has 1 aromatic heterocycles. The summed E-state index contributed by atoms with van der Waals surface area (Å²) in [5, 5.41) is 8.48. The van der Waals surface area contributed by atoms with E-state index < -0.39 is 11.7 Å². The molecule has 8 nitrogen and oxygen atoms in total. The molecule has 0 radical (unpaired) electrons. The molecule has 202 valence electrons. The number of aromatic nitrogens is 1. The first-order valence-corrected chi connectivity index (χ1v) is 13.7. The van der Waals surface area contributed by atoms with E-state index >= 15 is 0 Å². The van der Waals surface area contributed by atoms with E-state index in [0.717, 1.165) is 42.6 Å². The van der Waals surface area contributed by atoms with Gasteiger partial charge in [0.2, 0.25) is 11.8 Å². The summed E-state index contributed by atoms with van der Waals surface area (Å²) in [5.74, 6) is 2.35. The highest BCUT2D eigenvalue weighted by Crippen LogP contribution is 2.61. The lowest BCUT2D eigenvalue weighted by molar-refractivity contribution is -0.124. The lowest BCUT2D eigenvalue weighted by atomic mass is 9.49. The van der Waals surface area contributed by atoms with Crippen LogP contribution in [-0.4, -0.2) is 28.5 Å². The first-order chi connectivity index (χ1) is 18.0. The van der Waals surface area contributed by atoms with Gasteiger partial charge in [0.25, 0.3) is 0 Å². The molecule has 1 heterocycles. The Bertz CT molecular complexity index is 1170. The highest BCUT2D eigenvalue weighted by molar-refractivity contribution is 5.99. The average Bonchev–Trinajstić information content (AvgIpc) is 2.79. The van der Waals surface area contributed by atoms with Crippen molar-refractivity contribution in [1.82, 2.24) is 4.98 Å². The molecular weight excluding hydrogens is 480 g/mol. The molecule has 4 aliphatic rings. The topological polar surface area (TPSA) is 109 Å². The van der Waals surface area contributed by atoms with E-state index in [1.54, 1.807) is 26.8 Å². The molecule has 0 atom stereocenters. The molecule has 2 aromatic rings. The summed E-state index contributed by atoms with van der Waals surface area (Å²) in [4.78, 5) is 42.8. The summed E-state index contributed by atoms with van der Waals surface area (Å²) in [6, 6.07) is 11.0. The number of hydrogen-bond acceptors (Lipinski definition) is 5. The van der Waals surface area contributed by atoms with Gasteiger partial charge < -0.3 is 15.4 Å². The summed E-state index contributed by atoms with van der Waals surface area (Å²) < 4.78 is 5.41. The normalized spacial score (nSPS) is 25.5. The fraction of sp³-hybridized carbons (Fsp3) is 0.533. The Morgan fingerprint density at radius 3 is 2.13 bits per heavy atom. The zero-order valence-electron chi connectivity index (χ0n) is 22.5. The third-order valence-electron chi connectivity index (χ3n) is 7.99. The molecular formula is C30H38N4O4. The minimum absolute atomic E-state index is 0.0523. The van der Waals surface area contributed by atoms with Crippen molar-refractivity contribution in [2.24, 2.45) is 23.2 Å². The Kier molecular flexibility index (Phi) is 7.16. The van der Waals surface area contributed by atoms with Gasteiger partial charge in [-0.3, -0.25) is 14.9 Å². The van der Waals surface area contributed by atoms with Gasteiger partial charge in [0.1, 0.15) is 11.4 Å². The van der Waals surface area contributed by atoms with Crippen LogP contribution in [0, 0.1) is 23.2 Å². The average molecular weight is 519 g/mol. The van der Waals surface area contributed by atoms with Crippen LogP contribution in [0.4, 0.5) is 22.0 Å². The molecule has 0 saturated heterocycles. The summed E-state index contributed by atoms with van der Waals surface area (Å²) in [6.07, 6.45) is 8.92. The number of hydrogen-bond donors (Lipinski definition) is 3. The molecule has 8 heteroatoms. The van der Waals surface area contributed by atoms with Crippen molar-refractivity contribution in [2.45, 2.75) is 77.7 Å². The second kappa shape index (κ2) is 10.4. The summed E-state index contributed by atoms with van der Waals surface area (Å²) in [6.45, 7) is 5.33. The highest BCUT2D eigenvalue weighted by atomic mass is 16.6. The van der Waals surface area contributed by atoms with E-state index in [9.17, 15) is 14.4 Å². The summed E-state index contributed by atoms with van der Waals surface area (Å²) in [5.41, 5.74) is 0.926. The Labute approximate surface area is 224 Å². The Morgan fingerprint density at radius 2 is 1.53 bits per heavy atom. The standard InChI is InChI=1S/C30H38N4O4/c1-29(2,3)38-28(37)33-23-13-25(31-18-24(23)32-26(35)12-19-7-5-4-6-8-19)34-27(36)17-30-14-20-9-21(15-30)11-22(10-20)16-30/h4-8,13,18,20-22H,9-12,14-17H2,1-3H3,(H,32,35)(H2,31,33,34,36,37). The fourth-order valence-electron chi connectivity index (χ4n) is 7.15. The van der Waals surface area contributed by atoms with E-state index in [-0.39, 0.29) is 23.7 Å². The van der Waals surface area contributed by atoms with Crippen LogP contribution in [0.15, 0.2) is 42.6 Å². The number of amides is 3. The zero-order valence-corrected chi connectivity index (χ0v) is 22.5. The molecule has 3 amide bonds. The van der Waals surface area contributed by atoms with Crippen LogP contribution in [0.2, 0.25) is 0 Å². The Balaban J connectivity index is 1.29. The van der Waals surface area contributed by atoms with E-state index in [4.69, 9.17) is 4.74 Å². The number of ether oxygens (including phenoxy) is 1. The number of rotatable bonds is 7. The first kappa shape index (κ1) is 26.2. The first-order valence-electron chi connectivity index (χ1n) is 13.7. The molecule has 4 aliphatic carbocycles. The number of carbonyl (C=O) groups is 3. The van der Waals surface area contributed by atoms with Crippen molar-refractivity contribution >= 4 is 35.1 Å². The SMILES string of the molecule is CC(C)(C)OC(=O)Nc1cc(NC(=O)CC23CC4CC(CC(C4)C2)C3)ncc1NC(=O)Cc1ccccc1. The van der Waals surface area contributed by atoms with Crippen LogP contribution in [0.25, 0.3) is 0 Å². The van der Waals surface area contributed by atoms with Gasteiger partial charge in [-0.25, -0.2) is 9.78 Å². The van der Waals surface area contributed by atoms with Crippen molar-refractivity contribution in [2.75, 3.05) is 16.0 Å². The second-order valence-corrected chi connectivity index (χ2v) is 12.6. The molecule has 38 heavy (non-hydrogen) atoms. The fourth-order valence-corrected chi connectivity index (χ4v) is 7.15. The largest absolute Gasteiger partial charge is 0.444 e. The number of nitrogens with zero attached hydrogens (tertiary/aromatic N) is 1. The number of anilines is 3. The third-order valence-corrected chi connectivity index (χ3v) is 7.99. The lowest BCUT2D eigenvalue weighted by Crippen LogP contribution is -2.47. The molecule has 0 aliphatic heterocycles. The van der Waals surface area contributed by atoms with Gasteiger partial charge in [0.15, 0.2) is 0 Å². The van der Waals surface area contributed by atoms with Crippen molar-refractivity contribution in [3.05, 3.63) is 48.2 Å². The molecule has 1 aromatic carbocycles. The molecule has 4 fully saturated rings. The van der Waals surface area contributed by atoms with Gasteiger partial charge in [-0.15, -0.1) is 0 Å². The minimum Gasteiger partial charge on any atom is -0.444 e. The maximum absolute atomic E-state index is 13.2.